The van der Waals surface area contributed by atoms with E-state index in [1.165, 1.54) is 16.2 Å². The van der Waals surface area contributed by atoms with E-state index in [1.807, 2.05) is 12.1 Å². The van der Waals surface area contributed by atoms with E-state index in [1.54, 1.807) is 0 Å². The Bertz CT molecular complexity index is 1350. The summed E-state index contributed by atoms with van der Waals surface area (Å²) in [5.74, 6) is -0.391. The SMILES string of the molecule is O=C1OCC2=C1C(c1ccc(Br)cc1)c1c(ccc3cc4ccccc4cc13)N2. The average molecular weight is 442 g/mol. The highest BCUT2D eigenvalue weighted by Crippen LogP contribution is 2.47. The molecule has 4 heteroatoms. The van der Waals surface area contributed by atoms with Crippen LogP contribution >= 0.6 is 15.9 Å². The third-order valence-corrected chi connectivity index (χ3v) is 6.42. The van der Waals surface area contributed by atoms with E-state index in [9.17, 15) is 4.79 Å². The quantitative estimate of drug-likeness (QED) is 0.285. The number of anilines is 1. The fraction of sp³-hybridized carbons (Fsp3) is 0.0800. The standard InChI is InChI=1S/C25H16BrNO2/c26-18-8-5-14(6-9-18)22-23-19-12-16-4-2-1-3-15(16)11-17(19)7-10-20(23)27-21-13-29-25(28)24(21)22/h1-12,22,27H,13H2. The number of ether oxygens (including phenoxy) is 1. The minimum absolute atomic E-state index is 0.158. The minimum Gasteiger partial charge on any atom is -0.456 e. The van der Waals surface area contributed by atoms with Crippen molar-refractivity contribution >= 4 is 49.1 Å². The maximum absolute atomic E-state index is 12.7. The lowest BCUT2D eigenvalue weighted by Crippen LogP contribution is -2.20. The molecular formula is C25H16BrNO2. The topological polar surface area (TPSA) is 38.3 Å². The van der Waals surface area contributed by atoms with Gasteiger partial charge in [0.25, 0.3) is 0 Å². The predicted molar refractivity (Wildman–Crippen MR) is 119 cm³/mol. The highest BCUT2D eigenvalue weighted by atomic mass is 79.9. The molecule has 140 valence electrons. The normalized spacial score (nSPS) is 17.8. The van der Waals surface area contributed by atoms with Crippen LogP contribution < -0.4 is 5.32 Å². The zero-order chi connectivity index (χ0) is 19.5. The minimum atomic E-state index is -0.233. The molecule has 0 radical (unpaired) electrons. The smallest absolute Gasteiger partial charge is 0.337 e. The summed E-state index contributed by atoms with van der Waals surface area (Å²) in [6, 6.07) is 25.3. The second kappa shape index (κ2) is 6.19. The van der Waals surface area contributed by atoms with Crippen LogP contribution in [0, 0.1) is 0 Å². The first kappa shape index (κ1) is 16.8. The Kier molecular flexibility index (Phi) is 3.59. The van der Waals surface area contributed by atoms with Gasteiger partial charge in [-0.25, -0.2) is 4.79 Å². The maximum Gasteiger partial charge on any atom is 0.337 e. The molecule has 0 saturated carbocycles. The molecule has 0 aliphatic carbocycles. The van der Waals surface area contributed by atoms with E-state index >= 15 is 0 Å². The first-order valence-electron chi connectivity index (χ1n) is 9.57. The molecule has 29 heavy (non-hydrogen) atoms. The van der Waals surface area contributed by atoms with Crippen molar-refractivity contribution in [3.63, 3.8) is 0 Å². The number of halogens is 1. The van der Waals surface area contributed by atoms with Crippen LogP contribution in [0.25, 0.3) is 21.5 Å². The van der Waals surface area contributed by atoms with E-state index < -0.39 is 0 Å². The number of carbonyl (C=O) groups is 1. The number of cyclic esters (lactones) is 1. The van der Waals surface area contributed by atoms with Crippen molar-refractivity contribution in [1.82, 2.24) is 0 Å². The van der Waals surface area contributed by atoms with Gasteiger partial charge >= 0.3 is 5.97 Å². The number of fused-ring (bicyclic) bond motifs is 4. The summed E-state index contributed by atoms with van der Waals surface area (Å²) < 4.78 is 6.42. The Labute approximate surface area is 176 Å². The molecule has 1 atom stereocenters. The van der Waals surface area contributed by atoms with Crippen LogP contribution in [0.4, 0.5) is 5.69 Å². The summed E-state index contributed by atoms with van der Waals surface area (Å²) >= 11 is 3.52. The van der Waals surface area contributed by atoms with Gasteiger partial charge in [0.1, 0.15) is 6.61 Å². The largest absolute Gasteiger partial charge is 0.456 e. The molecule has 0 amide bonds. The third kappa shape index (κ3) is 2.52. The van der Waals surface area contributed by atoms with Crippen molar-refractivity contribution in [3.8, 4) is 0 Å². The molecule has 3 nitrogen and oxygen atoms in total. The summed E-state index contributed by atoms with van der Waals surface area (Å²) in [5.41, 5.74) is 4.85. The molecular weight excluding hydrogens is 426 g/mol. The Morgan fingerprint density at radius 1 is 0.897 bits per heavy atom. The van der Waals surface area contributed by atoms with Gasteiger partial charge in [-0.1, -0.05) is 58.4 Å². The molecule has 6 rings (SSSR count). The van der Waals surface area contributed by atoms with Crippen LogP contribution in [-0.4, -0.2) is 12.6 Å². The van der Waals surface area contributed by atoms with Crippen LogP contribution in [0.3, 0.4) is 0 Å². The van der Waals surface area contributed by atoms with Crippen molar-refractivity contribution in [1.29, 1.82) is 0 Å². The summed E-state index contributed by atoms with van der Waals surface area (Å²) in [5, 5.41) is 8.20. The number of esters is 1. The molecule has 1 N–H and O–H groups in total. The van der Waals surface area contributed by atoms with Crippen molar-refractivity contribution in [2.75, 3.05) is 11.9 Å². The molecule has 0 bridgehead atoms. The predicted octanol–water partition coefficient (Wildman–Crippen LogP) is 6.12. The Hall–Kier alpha value is -3.11. The number of hydrogen-bond donors (Lipinski definition) is 1. The Morgan fingerprint density at radius 2 is 1.66 bits per heavy atom. The molecule has 4 aromatic rings. The molecule has 0 fully saturated rings. The molecule has 2 heterocycles. The third-order valence-electron chi connectivity index (χ3n) is 5.89. The summed E-state index contributed by atoms with van der Waals surface area (Å²) in [6.45, 7) is 0.302. The van der Waals surface area contributed by atoms with Crippen molar-refractivity contribution < 1.29 is 9.53 Å². The van der Waals surface area contributed by atoms with E-state index in [-0.39, 0.29) is 11.9 Å². The molecule has 2 aliphatic rings. The summed E-state index contributed by atoms with van der Waals surface area (Å²) in [4.78, 5) is 12.7. The molecule has 0 spiro atoms. The van der Waals surface area contributed by atoms with E-state index in [0.717, 1.165) is 37.9 Å². The molecule has 2 aliphatic heterocycles. The first-order chi connectivity index (χ1) is 14.2. The van der Waals surface area contributed by atoms with Gasteiger partial charge in [0.05, 0.1) is 11.3 Å². The van der Waals surface area contributed by atoms with Gasteiger partial charge in [-0.2, -0.15) is 0 Å². The molecule has 4 aromatic carbocycles. The van der Waals surface area contributed by atoms with Crippen molar-refractivity contribution in [2.24, 2.45) is 0 Å². The van der Waals surface area contributed by atoms with Crippen LogP contribution in [0.5, 0.6) is 0 Å². The number of benzene rings is 4. The van der Waals surface area contributed by atoms with Crippen molar-refractivity contribution in [3.05, 3.63) is 99.7 Å². The van der Waals surface area contributed by atoms with E-state index in [2.05, 4.69) is 81.9 Å². The zero-order valence-electron chi connectivity index (χ0n) is 15.4. The van der Waals surface area contributed by atoms with Gasteiger partial charge < -0.3 is 10.1 Å². The Balaban J connectivity index is 1.69. The van der Waals surface area contributed by atoms with Crippen molar-refractivity contribution in [2.45, 2.75) is 5.92 Å². The molecule has 1 unspecified atom stereocenters. The zero-order valence-corrected chi connectivity index (χ0v) is 17.0. The number of hydrogen-bond acceptors (Lipinski definition) is 3. The number of nitrogens with one attached hydrogen (secondary N) is 1. The van der Waals surface area contributed by atoms with Gasteiger partial charge in [-0.3, -0.25) is 0 Å². The van der Waals surface area contributed by atoms with Gasteiger partial charge in [-0.05, 0) is 63.0 Å². The Morgan fingerprint density at radius 3 is 2.45 bits per heavy atom. The highest BCUT2D eigenvalue weighted by molar-refractivity contribution is 9.10. The first-order valence-corrected chi connectivity index (χ1v) is 10.4. The fourth-order valence-corrected chi connectivity index (χ4v) is 4.83. The van der Waals surface area contributed by atoms with Gasteiger partial charge in [-0.15, -0.1) is 0 Å². The molecule has 0 saturated heterocycles. The fourth-order valence-electron chi connectivity index (χ4n) is 4.56. The number of carbonyl (C=O) groups excluding carboxylic acids is 1. The van der Waals surface area contributed by atoms with Gasteiger partial charge in [0.2, 0.25) is 0 Å². The number of rotatable bonds is 1. The van der Waals surface area contributed by atoms with E-state index in [4.69, 9.17) is 4.74 Å². The van der Waals surface area contributed by atoms with Gasteiger partial charge in [0.15, 0.2) is 0 Å². The summed E-state index contributed by atoms with van der Waals surface area (Å²) in [6.07, 6.45) is 0. The van der Waals surface area contributed by atoms with Crippen LogP contribution in [-0.2, 0) is 9.53 Å². The second-order valence-corrected chi connectivity index (χ2v) is 8.44. The molecule has 0 aromatic heterocycles. The van der Waals surface area contributed by atoms with Crippen LogP contribution in [0.2, 0.25) is 0 Å². The second-order valence-electron chi connectivity index (χ2n) is 7.53. The lowest BCUT2D eigenvalue weighted by Gasteiger charge is -2.29. The maximum atomic E-state index is 12.7. The van der Waals surface area contributed by atoms with Crippen LogP contribution in [0.1, 0.15) is 17.0 Å². The average Bonchev–Trinajstić information content (AvgIpc) is 3.12. The summed E-state index contributed by atoms with van der Waals surface area (Å²) in [7, 11) is 0. The van der Waals surface area contributed by atoms with E-state index in [0.29, 0.717) is 6.61 Å². The monoisotopic (exact) mass is 441 g/mol. The highest BCUT2D eigenvalue weighted by Gasteiger charge is 2.39. The van der Waals surface area contributed by atoms with Crippen LogP contribution in [0.15, 0.2) is 88.5 Å². The van der Waals surface area contributed by atoms with Gasteiger partial charge in [0, 0.05) is 16.1 Å². The lowest BCUT2D eigenvalue weighted by molar-refractivity contribution is -0.136. The lowest BCUT2D eigenvalue weighted by atomic mass is 9.79.